The van der Waals surface area contributed by atoms with Crippen molar-refractivity contribution in [2.24, 2.45) is 0 Å². The van der Waals surface area contributed by atoms with Crippen LogP contribution in [0.2, 0.25) is 0 Å². The van der Waals surface area contributed by atoms with E-state index in [1.165, 1.54) is 36.4 Å². The van der Waals surface area contributed by atoms with E-state index in [-0.39, 0.29) is 16.1 Å². The first kappa shape index (κ1) is 20.8. The monoisotopic (exact) mass is 436 g/mol. The first-order valence-corrected chi connectivity index (χ1v) is 11.0. The number of Topliss-reactive ketones (excluding diaryl/α,β-unsaturated/α-hetero) is 1. The van der Waals surface area contributed by atoms with Gasteiger partial charge in [0.2, 0.25) is 0 Å². The third-order valence-corrected chi connectivity index (χ3v) is 6.58. The van der Waals surface area contributed by atoms with Gasteiger partial charge in [0, 0.05) is 22.5 Å². The topological polar surface area (TPSA) is 113 Å². The summed E-state index contributed by atoms with van der Waals surface area (Å²) in [5, 5.41) is 13.5. The Morgan fingerprint density at radius 2 is 1.74 bits per heavy atom. The van der Waals surface area contributed by atoms with Gasteiger partial charge in [0.25, 0.3) is 15.9 Å². The Morgan fingerprint density at radius 3 is 2.48 bits per heavy atom. The van der Waals surface area contributed by atoms with Gasteiger partial charge >= 0.3 is 0 Å². The highest BCUT2D eigenvalue weighted by Gasteiger charge is 2.46. The van der Waals surface area contributed by atoms with Crippen molar-refractivity contribution < 1.29 is 23.1 Å². The van der Waals surface area contributed by atoms with E-state index in [9.17, 15) is 23.1 Å². The average molecular weight is 436 g/mol. The number of sulfonamides is 1. The van der Waals surface area contributed by atoms with Gasteiger partial charge in [0.15, 0.2) is 11.4 Å². The summed E-state index contributed by atoms with van der Waals surface area (Å²) in [7, 11) is -3.83. The van der Waals surface area contributed by atoms with E-state index >= 15 is 0 Å². The van der Waals surface area contributed by atoms with Gasteiger partial charge in [0.05, 0.1) is 11.3 Å². The molecule has 8 heteroatoms. The zero-order valence-corrected chi connectivity index (χ0v) is 17.4. The summed E-state index contributed by atoms with van der Waals surface area (Å²) in [5.41, 5.74) is 0.129. The Kier molecular flexibility index (Phi) is 5.12. The molecule has 0 bridgehead atoms. The Balaban J connectivity index is 1.57. The number of carbonyl (C=O) groups is 2. The third kappa shape index (κ3) is 3.95. The fraction of sp³-hybridized carbons (Fsp3) is 0.130. The summed E-state index contributed by atoms with van der Waals surface area (Å²) in [6, 6.07) is 19.0. The van der Waals surface area contributed by atoms with Crippen molar-refractivity contribution in [1.29, 1.82) is 0 Å². The zero-order valence-electron chi connectivity index (χ0n) is 16.6. The van der Waals surface area contributed by atoms with Crippen LogP contribution in [-0.2, 0) is 20.4 Å². The zero-order chi connectivity index (χ0) is 22.2. The second-order valence-corrected chi connectivity index (χ2v) is 9.14. The number of amides is 1. The predicted molar refractivity (Wildman–Crippen MR) is 116 cm³/mol. The van der Waals surface area contributed by atoms with Crippen molar-refractivity contribution in [3.8, 4) is 0 Å². The van der Waals surface area contributed by atoms with Crippen molar-refractivity contribution >= 4 is 33.1 Å². The fourth-order valence-corrected chi connectivity index (χ4v) is 4.55. The summed E-state index contributed by atoms with van der Waals surface area (Å²) in [6.07, 6.45) is -0.468. The lowest BCUT2D eigenvalue weighted by molar-refractivity contribution is -0.133. The second-order valence-electron chi connectivity index (χ2n) is 7.46. The molecule has 31 heavy (non-hydrogen) atoms. The number of hydrogen-bond acceptors (Lipinski definition) is 5. The number of carbonyl (C=O) groups excluding carboxylic acids is 2. The highest BCUT2D eigenvalue weighted by Crippen LogP contribution is 2.38. The maximum absolute atomic E-state index is 12.9. The van der Waals surface area contributed by atoms with Crippen LogP contribution in [0.5, 0.6) is 0 Å². The molecule has 158 valence electrons. The molecule has 1 atom stereocenters. The highest BCUT2D eigenvalue weighted by molar-refractivity contribution is 7.92. The minimum atomic E-state index is -3.83. The lowest BCUT2D eigenvalue weighted by Crippen LogP contribution is -2.36. The number of nitrogens with one attached hydrogen (secondary N) is 2. The van der Waals surface area contributed by atoms with Crippen LogP contribution in [0.1, 0.15) is 27.9 Å². The van der Waals surface area contributed by atoms with Gasteiger partial charge in [-0.25, -0.2) is 8.42 Å². The molecule has 4 rings (SSSR count). The molecule has 0 aromatic heterocycles. The Hall–Kier alpha value is -3.49. The Morgan fingerprint density at radius 1 is 1.03 bits per heavy atom. The molecular formula is C23H20N2O5S. The van der Waals surface area contributed by atoms with Crippen LogP contribution in [0.25, 0.3) is 0 Å². The molecule has 0 saturated carbocycles. The lowest BCUT2D eigenvalue weighted by atomic mass is 9.88. The van der Waals surface area contributed by atoms with Crippen molar-refractivity contribution in [2.45, 2.75) is 23.8 Å². The molecule has 0 aliphatic carbocycles. The van der Waals surface area contributed by atoms with Crippen LogP contribution in [0.4, 0.5) is 11.4 Å². The molecule has 0 fully saturated rings. The van der Waals surface area contributed by atoms with Crippen LogP contribution in [-0.4, -0.2) is 25.2 Å². The molecular weight excluding hydrogens is 416 g/mol. The molecule has 0 spiro atoms. The van der Waals surface area contributed by atoms with E-state index < -0.39 is 33.7 Å². The SMILES string of the molecule is Cc1ccc(S(=O)(=O)Nc2cccc(C(=O)C[C@@]3(O)C(=O)Nc4ccccc43)c2)cc1. The number of aryl methyl sites for hydroxylation is 1. The number of fused-ring (bicyclic) bond motifs is 1. The summed E-state index contributed by atoms with van der Waals surface area (Å²) in [5.74, 6) is -1.16. The Bertz CT molecular complexity index is 1290. The number of aliphatic hydroxyl groups is 1. The van der Waals surface area contributed by atoms with E-state index in [0.717, 1.165) is 5.56 Å². The molecule has 1 aliphatic heterocycles. The van der Waals surface area contributed by atoms with Crippen LogP contribution < -0.4 is 10.0 Å². The normalized spacial score (nSPS) is 17.7. The van der Waals surface area contributed by atoms with Gasteiger partial charge in [-0.3, -0.25) is 14.3 Å². The van der Waals surface area contributed by atoms with Crippen LogP contribution in [0.3, 0.4) is 0 Å². The number of rotatable bonds is 6. The molecule has 1 amide bonds. The molecule has 7 nitrogen and oxygen atoms in total. The van der Waals surface area contributed by atoms with Gasteiger partial charge in [-0.15, -0.1) is 0 Å². The smallest absolute Gasteiger partial charge is 0.261 e. The Labute approximate surface area is 179 Å². The van der Waals surface area contributed by atoms with E-state index in [0.29, 0.717) is 11.3 Å². The number of benzene rings is 3. The van der Waals surface area contributed by atoms with Crippen molar-refractivity contribution in [3.05, 3.63) is 89.5 Å². The maximum atomic E-state index is 12.9. The van der Waals surface area contributed by atoms with E-state index in [2.05, 4.69) is 10.0 Å². The van der Waals surface area contributed by atoms with Crippen molar-refractivity contribution in [2.75, 3.05) is 10.0 Å². The molecule has 3 aromatic rings. The van der Waals surface area contributed by atoms with Crippen LogP contribution in [0.15, 0.2) is 77.7 Å². The van der Waals surface area contributed by atoms with Gasteiger partial charge < -0.3 is 10.4 Å². The van der Waals surface area contributed by atoms with Gasteiger partial charge in [-0.1, -0.05) is 48.0 Å². The van der Waals surface area contributed by atoms with Crippen molar-refractivity contribution in [1.82, 2.24) is 0 Å². The standard InChI is InChI=1S/C23H20N2O5S/c1-15-9-11-18(12-10-15)31(29,30)25-17-6-4-5-16(13-17)21(26)14-23(28)19-7-2-3-8-20(19)24-22(23)27/h2-13,25,28H,14H2,1H3,(H,24,27)/t23-/m0/s1. The minimum absolute atomic E-state index is 0.100. The van der Waals surface area contributed by atoms with Gasteiger partial charge in [-0.05, 0) is 37.3 Å². The summed E-state index contributed by atoms with van der Waals surface area (Å²) < 4.78 is 27.7. The third-order valence-electron chi connectivity index (χ3n) is 5.18. The minimum Gasteiger partial charge on any atom is -0.375 e. The quantitative estimate of drug-likeness (QED) is 0.514. The number of anilines is 2. The molecule has 1 aliphatic rings. The van der Waals surface area contributed by atoms with E-state index in [1.807, 2.05) is 6.92 Å². The van der Waals surface area contributed by atoms with Crippen LogP contribution >= 0.6 is 0 Å². The first-order valence-electron chi connectivity index (χ1n) is 9.55. The molecule has 3 N–H and O–H groups in total. The lowest BCUT2D eigenvalue weighted by Gasteiger charge is -2.20. The van der Waals surface area contributed by atoms with Gasteiger partial charge in [0.1, 0.15) is 0 Å². The van der Waals surface area contributed by atoms with E-state index in [4.69, 9.17) is 0 Å². The molecule has 3 aromatic carbocycles. The maximum Gasteiger partial charge on any atom is 0.261 e. The number of hydrogen-bond donors (Lipinski definition) is 3. The van der Waals surface area contributed by atoms with Crippen LogP contribution in [0, 0.1) is 6.92 Å². The number of ketones is 1. The second kappa shape index (κ2) is 7.64. The van der Waals surface area contributed by atoms with E-state index in [1.54, 1.807) is 36.4 Å². The highest BCUT2D eigenvalue weighted by atomic mass is 32.2. The average Bonchev–Trinajstić information content (AvgIpc) is 2.98. The van der Waals surface area contributed by atoms with Gasteiger partial charge in [-0.2, -0.15) is 0 Å². The van der Waals surface area contributed by atoms with Crippen molar-refractivity contribution in [3.63, 3.8) is 0 Å². The summed E-state index contributed by atoms with van der Waals surface area (Å²) >= 11 is 0. The summed E-state index contributed by atoms with van der Waals surface area (Å²) in [4.78, 5) is 25.3. The fourth-order valence-electron chi connectivity index (χ4n) is 3.50. The predicted octanol–water partition coefficient (Wildman–Crippen LogP) is 3.21. The first-order chi connectivity index (χ1) is 14.7. The molecule has 0 radical (unpaired) electrons. The number of para-hydroxylation sites is 1. The molecule has 0 saturated heterocycles. The molecule has 0 unspecified atom stereocenters. The molecule has 1 heterocycles. The summed E-state index contributed by atoms with van der Waals surface area (Å²) in [6.45, 7) is 1.86. The largest absolute Gasteiger partial charge is 0.375 e.